The Morgan fingerprint density at radius 1 is 1.05 bits per heavy atom. The summed E-state index contributed by atoms with van der Waals surface area (Å²) >= 11 is 1.51. The molecule has 0 spiro atoms. The van der Waals surface area contributed by atoms with Crippen LogP contribution in [0.1, 0.15) is 22.3 Å². The monoisotopic (exact) mass is 597 g/mol. The van der Waals surface area contributed by atoms with Crippen molar-refractivity contribution in [1.29, 1.82) is 0 Å². The fourth-order valence-electron chi connectivity index (χ4n) is 4.37. The second-order valence-electron chi connectivity index (χ2n) is 9.70. The first-order chi connectivity index (χ1) is 19.8. The Hall–Kier alpha value is -3.45. The molecule has 2 aromatic carbocycles. The van der Waals surface area contributed by atoms with E-state index < -0.39 is 28.1 Å². The molecule has 0 unspecified atom stereocenters. The Morgan fingerprint density at radius 3 is 2.49 bits per heavy atom. The summed E-state index contributed by atoms with van der Waals surface area (Å²) in [7, 11) is -2.11. The Morgan fingerprint density at radius 2 is 1.80 bits per heavy atom. The van der Waals surface area contributed by atoms with E-state index in [0.29, 0.717) is 35.7 Å². The van der Waals surface area contributed by atoms with Gasteiger partial charge >= 0.3 is 10.2 Å². The van der Waals surface area contributed by atoms with Crippen LogP contribution in [-0.2, 0) is 21.6 Å². The third-order valence-corrected chi connectivity index (χ3v) is 8.87. The van der Waals surface area contributed by atoms with Gasteiger partial charge < -0.3 is 15.0 Å². The molecule has 1 atom stereocenters. The van der Waals surface area contributed by atoms with Gasteiger partial charge in [0.25, 0.3) is 11.8 Å². The second-order valence-corrected chi connectivity index (χ2v) is 12.4. The molecular formula is C29H35N5O5S2. The number of hydrogen-bond donors (Lipinski definition) is 2. The first-order valence-corrected chi connectivity index (χ1v) is 16.1. The lowest BCUT2D eigenvalue weighted by molar-refractivity contribution is -0.121. The minimum Gasteiger partial charge on any atom is -0.487 e. The van der Waals surface area contributed by atoms with E-state index in [1.54, 1.807) is 30.6 Å². The summed E-state index contributed by atoms with van der Waals surface area (Å²) in [6, 6.07) is 17.4. The van der Waals surface area contributed by atoms with Crippen LogP contribution in [0.25, 0.3) is 11.1 Å². The van der Waals surface area contributed by atoms with Gasteiger partial charge in [0.2, 0.25) is 0 Å². The first kappa shape index (κ1) is 30.5. The lowest BCUT2D eigenvalue weighted by atomic mass is 9.96. The number of carbonyl (C=O) groups is 2. The van der Waals surface area contributed by atoms with Crippen molar-refractivity contribution < 1.29 is 22.7 Å². The van der Waals surface area contributed by atoms with Crippen molar-refractivity contribution in [3.8, 4) is 16.9 Å². The van der Waals surface area contributed by atoms with Crippen LogP contribution < -0.4 is 14.8 Å². The minimum atomic E-state index is -4.03. The molecule has 12 heteroatoms. The average Bonchev–Trinajstić information content (AvgIpc) is 2.99. The number of carbonyl (C=O) groups excluding carboxylic acids is 2. The van der Waals surface area contributed by atoms with Crippen LogP contribution in [0.4, 0.5) is 0 Å². The number of piperazine rings is 1. The number of nitrogens with one attached hydrogen (secondary N) is 2. The van der Waals surface area contributed by atoms with E-state index in [9.17, 15) is 18.0 Å². The quantitative estimate of drug-likeness (QED) is 0.327. The first-order valence-electron chi connectivity index (χ1n) is 13.3. The molecule has 0 aliphatic carbocycles. The largest absolute Gasteiger partial charge is 0.487 e. The number of amides is 2. The number of thioether (sulfide) groups is 1. The zero-order valence-corrected chi connectivity index (χ0v) is 24.8. The maximum Gasteiger partial charge on any atom is 0.303 e. The summed E-state index contributed by atoms with van der Waals surface area (Å²) in [5.74, 6) is -0.0380. The van der Waals surface area contributed by atoms with E-state index in [1.165, 1.54) is 16.1 Å². The number of nitrogens with zero attached hydrogens (tertiary/aromatic N) is 3. The molecule has 0 bridgehead atoms. The molecule has 2 N–H and O–H groups in total. The van der Waals surface area contributed by atoms with Crippen LogP contribution in [0.5, 0.6) is 5.75 Å². The van der Waals surface area contributed by atoms with Gasteiger partial charge in [0.15, 0.2) is 0 Å². The predicted octanol–water partition coefficient (Wildman–Crippen LogP) is 2.79. The lowest BCUT2D eigenvalue weighted by Gasteiger charge is -2.31. The molecule has 1 aliphatic rings. The molecule has 2 heterocycles. The van der Waals surface area contributed by atoms with Crippen LogP contribution in [0.15, 0.2) is 73.1 Å². The zero-order valence-electron chi connectivity index (χ0n) is 23.2. The van der Waals surface area contributed by atoms with Crippen molar-refractivity contribution in [1.82, 2.24) is 24.2 Å². The fourth-order valence-corrected chi connectivity index (χ4v) is 6.01. The standard InChI is InChI=1S/C29H35N5O5S2/c1-33-14-16-34(17-15-33)41(37,38)32-29(36)27(12-18-40-2)31-28(35)25-11-10-22(21-39-24-9-6-13-30-20-24)19-26(25)23-7-4-3-5-8-23/h3-11,13,19-20,27H,12,14-18,21H2,1-2H3,(H,31,35)(H,32,36)/t27-/m0/s1. The van der Waals surface area contributed by atoms with Gasteiger partial charge in [0.05, 0.1) is 6.20 Å². The number of likely N-dealkylation sites (N-methyl/N-ethyl adjacent to an activating group) is 1. The van der Waals surface area contributed by atoms with Crippen LogP contribution in [0.3, 0.4) is 0 Å². The van der Waals surface area contributed by atoms with Gasteiger partial charge in [-0.25, -0.2) is 4.72 Å². The maximum atomic E-state index is 13.6. The number of aromatic nitrogens is 1. The molecule has 1 aliphatic heterocycles. The lowest BCUT2D eigenvalue weighted by Crippen LogP contribution is -2.55. The highest BCUT2D eigenvalue weighted by Gasteiger charge is 2.31. The molecule has 3 aromatic rings. The number of rotatable bonds is 12. The van der Waals surface area contributed by atoms with E-state index in [0.717, 1.165) is 11.1 Å². The Bertz CT molecular complexity index is 1420. The third kappa shape index (κ3) is 8.52. The molecule has 1 aromatic heterocycles. The topological polar surface area (TPSA) is 121 Å². The highest BCUT2D eigenvalue weighted by Crippen LogP contribution is 2.26. The van der Waals surface area contributed by atoms with Gasteiger partial charge in [-0.2, -0.15) is 24.5 Å². The number of ether oxygens (including phenoxy) is 1. The van der Waals surface area contributed by atoms with E-state index >= 15 is 0 Å². The summed E-state index contributed by atoms with van der Waals surface area (Å²) < 4.78 is 35.1. The van der Waals surface area contributed by atoms with E-state index in [4.69, 9.17) is 4.74 Å². The van der Waals surface area contributed by atoms with E-state index in [-0.39, 0.29) is 26.1 Å². The predicted molar refractivity (Wildman–Crippen MR) is 161 cm³/mol. The molecule has 1 fully saturated rings. The van der Waals surface area contributed by atoms with Crippen molar-refractivity contribution >= 4 is 33.8 Å². The van der Waals surface area contributed by atoms with Gasteiger partial charge in [0.1, 0.15) is 18.4 Å². The van der Waals surface area contributed by atoms with Gasteiger partial charge in [-0.05, 0) is 66.4 Å². The van der Waals surface area contributed by atoms with Gasteiger partial charge in [-0.15, -0.1) is 0 Å². The minimum absolute atomic E-state index is 0.273. The molecule has 0 radical (unpaired) electrons. The molecule has 0 saturated carbocycles. The fraction of sp³-hybridized carbons (Fsp3) is 0.345. The molecular weight excluding hydrogens is 562 g/mol. The van der Waals surface area contributed by atoms with Gasteiger partial charge in [-0.1, -0.05) is 36.4 Å². The summed E-state index contributed by atoms with van der Waals surface area (Å²) in [5, 5.41) is 2.79. The van der Waals surface area contributed by atoms with Crippen LogP contribution in [-0.4, -0.2) is 85.7 Å². The molecule has 1 saturated heterocycles. The summed E-state index contributed by atoms with van der Waals surface area (Å²) in [4.78, 5) is 32.9. The van der Waals surface area contributed by atoms with Gasteiger partial charge in [-0.3, -0.25) is 14.6 Å². The Labute approximate surface area is 245 Å². The Balaban J connectivity index is 1.53. The number of pyridine rings is 1. The highest BCUT2D eigenvalue weighted by atomic mass is 32.2. The summed E-state index contributed by atoms with van der Waals surface area (Å²) in [5.41, 5.74) is 2.71. The van der Waals surface area contributed by atoms with Crippen molar-refractivity contribution in [3.63, 3.8) is 0 Å². The molecule has 2 amide bonds. The summed E-state index contributed by atoms with van der Waals surface area (Å²) in [6.07, 6.45) is 5.46. The van der Waals surface area contributed by atoms with Crippen molar-refractivity contribution in [2.75, 3.05) is 45.2 Å². The number of hydrogen-bond acceptors (Lipinski definition) is 8. The van der Waals surface area contributed by atoms with E-state index in [2.05, 4.69) is 15.0 Å². The zero-order chi connectivity index (χ0) is 29.2. The van der Waals surface area contributed by atoms with Gasteiger partial charge in [0, 0.05) is 37.9 Å². The molecule has 10 nitrogen and oxygen atoms in total. The Kier molecular flexibility index (Phi) is 10.7. The SMILES string of the molecule is CSCC[C@H](NC(=O)c1ccc(COc2cccnc2)cc1-c1ccccc1)C(=O)NS(=O)(=O)N1CCN(C)CC1. The highest BCUT2D eigenvalue weighted by molar-refractivity contribution is 7.98. The summed E-state index contributed by atoms with van der Waals surface area (Å²) in [6.45, 7) is 2.01. The van der Waals surface area contributed by atoms with Crippen LogP contribution in [0, 0.1) is 0 Å². The van der Waals surface area contributed by atoms with Crippen LogP contribution in [0.2, 0.25) is 0 Å². The molecule has 4 rings (SSSR count). The third-order valence-electron chi connectivity index (χ3n) is 6.72. The van der Waals surface area contributed by atoms with E-state index in [1.807, 2.05) is 60.7 Å². The van der Waals surface area contributed by atoms with Crippen molar-refractivity contribution in [3.05, 3.63) is 84.2 Å². The average molecular weight is 598 g/mol. The van der Waals surface area contributed by atoms with Crippen molar-refractivity contribution in [2.45, 2.75) is 19.1 Å². The second kappa shape index (κ2) is 14.4. The number of benzene rings is 2. The molecule has 218 valence electrons. The van der Waals surface area contributed by atoms with Crippen LogP contribution >= 0.6 is 11.8 Å². The van der Waals surface area contributed by atoms with Crippen molar-refractivity contribution in [2.24, 2.45) is 0 Å². The normalized spacial score (nSPS) is 15.2. The molecule has 41 heavy (non-hydrogen) atoms. The maximum absolute atomic E-state index is 13.6. The smallest absolute Gasteiger partial charge is 0.303 e.